The minimum atomic E-state index is -0.790. The van der Waals surface area contributed by atoms with Gasteiger partial charge in [0.15, 0.2) is 5.78 Å². The molecule has 1 aliphatic rings. The highest BCUT2D eigenvalue weighted by molar-refractivity contribution is 7.09. The highest BCUT2D eigenvalue weighted by atomic mass is 32.1. The van der Waals surface area contributed by atoms with Gasteiger partial charge in [0, 0.05) is 30.2 Å². The smallest absolute Gasteiger partial charge is 0.407 e. The van der Waals surface area contributed by atoms with Gasteiger partial charge >= 0.3 is 6.09 Å². The van der Waals surface area contributed by atoms with Gasteiger partial charge in [0.2, 0.25) is 5.78 Å². The number of nitrogens with one attached hydrogen (secondary N) is 2. The largest absolute Gasteiger partial charge is 0.449 e. The number of Topliss-reactive ketones (excluding diaryl/α,β-unsaturated/α-hetero) is 2. The van der Waals surface area contributed by atoms with Gasteiger partial charge in [0.1, 0.15) is 0 Å². The predicted molar refractivity (Wildman–Crippen MR) is 122 cm³/mol. The normalized spacial score (nSPS) is 18.9. The van der Waals surface area contributed by atoms with Crippen molar-refractivity contribution in [3.8, 4) is 0 Å². The average Bonchev–Trinajstić information content (AvgIpc) is 3.14. The number of alkyl carbamates (subject to hydrolysis) is 1. The zero-order chi connectivity index (χ0) is 23.9. The van der Waals surface area contributed by atoms with E-state index in [9.17, 15) is 19.2 Å². The van der Waals surface area contributed by atoms with Crippen molar-refractivity contribution in [3.05, 3.63) is 16.1 Å². The fourth-order valence-corrected chi connectivity index (χ4v) is 4.36. The topological polar surface area (TPSA) is 114 Å². The molecular weight excluding hydrogens is 430 g/mol. The molecule has 178 valence electrons. The van der Waals surface area contributed by atoms with E-state index in [1.54, 1.807) is 16.8 Å². The number of rotatable bonds is 6. The standard InChI is InChI=1S/C23H35N3O5S/c1-14(2)19(26-22(30)31-12-23(3,4)5)17(27)11-15-7-6-8-16-18(32-13-25-16)9-10-24-21(29)20(15)28/h13-15,19H,6-12H2,1-5H3,(H,24,29)(H,26,30). The summed E-state index contributed by atoms with van der Waals surface area (Å²) in [6.07, 6.45) is 1.65. The lowest BCUT2D eigenvalue weighted by atomic mass is 9.87. The SMILES string of the molecule is CC(C)C(NC(=O)OCC(C)(C)C)C(=O)CC1CCCc2ncsc2CCNC(=O)C1=O. The second kappa shape index (κ2) is 11.5. The zero-order valence-electron chi connectivity index (χ0n) is 19.7. The zero-order valence-corrected chi connectivity index (χ0v) is 20.5. The van der Waals surface area contributed by atoms with Crippen LogP contribution in [0.3, 0.4) is 0 Å². The highest BCUT2D eigenvalue weighted by Gasteiger charge is 2.32. The van der Waals surface area contributed by atoms with E-state index in [-0.39, 0.29) is 30.1 Å². The van der Waals surface area contributed by atoms with Crippen molar-refractivity contribution in [2.45, 2.75) is 72.8 Å². The summed E-state index contributed by atoms with van der Waals surface area (Å²) in [5.74, 6) is -2.42. The van der Waals surface area contributed by atoms with Crippen molar-refractivity contribution in [2.75, 3.05) is 13.2 Å². The van der Waals surface area contributed by atoms with Gasteiger partial charge in [-0.1, -0.05) is 34.6 Å². The van der Waals surface area contributed by atoms with Crippen molar-refractivity contribution in [1.82, 2.24) is 15.6 Å². The number of ether oxygens (including phenoxy) is 1. The molecule has 2 N–H and O–H groups in total. The Kier molecular flexibility index (Phi) is 9.36. The molecule has 32 heavy (non-hydrogen) atoms. The first kappa shape index (κ1) is 26.0. The van der Waals surface area contributed by atoms with E-state index in [2.05, 4.69) is 15.6 Å². The maximum atomic E-state index is 13.1. The summed E-state index contributed by atoms with van der Waals surface area (Å²) in [6.45, 7) is 10.0. The van der Waals surface area contributed by atoms with Gasteiger partial charge in [-0.15, -0.1) is 11.3 Å². The minimum absolute atomic E-state index is 0.0986. The first-order valence-corrected chi connectivity index (χ1v) is 12.0. The number of aryl methyl sites for hydroxylation is 1. The molecule has 1 aromatic heterocycles. The Hall–Kier alpha value is -2.29. The third-order valence-corrected chi connectivity index (χ3v) is 6.23. The van der Waals surface area contributed by atoms with Gasteiger partial charge in [0.05, 0.1) is 23.9 Å². The molecule has 1 aromatic rings. The number of aromatic nitrogens is 1. The van der Waals surface area contributed by atoms with Crippen LogP contribution < -0.4 is 10.6 Å². The maximum absolute atomic E-state index is 13.1. The molecule has 9 heteroatoms. The van der Waals surface area contributed by atoms with Crippen molar-refractivity contribution in [2.24, 2.45) is 17.3 Å². The van der Waals surface area contributed by atoms with Crippen LogP contribution in [0, 0.1) is 17.3 Å². The number of hydrogen-bond acceptors (Lipinski definition) is 7. The molecule has 0 aromatic carbocycles. The van der Waals surface area contributed by atoms with Crippen LogP contribution in [0.5, 0.6) is 0 Å². The molecule has 2 heterocycles. The lowest BCUT2D eigenvalue weighted by Crippen LogP contribution is -2.46. The van der Waals surface area contributed by atoms with E-state index in [1.807, 2.05) is 34.6 Å². The summed E-state index contributed by atoms with van der Waals surface area (Å²) in [6, 6.07) is -0.790. The van der Waals surface area contributed by atoms with E-state index < -0.39 is 29.7 Å². The molecule has 0 aliphatic carbocycles. The van der Waals surface area contributed by atoms with Gasteiger partial charge in [-0.25, -0.2) is 9.78 Å². The molecule has 0 saturated heterocycles. The Morgan fingerprint density at radius 1 is 1.28 bits per heavy atom. The number of carbonyl (C=O) groups is 4. The quantitative estimate of drug-likeness (QED) is 0.624. The minimum Gasteiger partial charge on any atom is -0.449 e. The first-order valence-electron chi connectivity index (χ1n) is 11.2. The summed E-state index contributed by atoms with van der Waals surface area (Å²) < 4.78 is 5.23. The number of fused-ring (bicyclic) bond motifs is 1. The van der Waals surface area contributed by atoms with Crippen LogP contribution in [-0.2, 0) is 32.0 Å². The van der Waals surface area contributed by atoms with Crippen molar-refractivity contribution < 1.29 is 23.9 Å². The number of nitrogens with zero attached hydrogens (tertiary/aromatic N) is 1. The Balaban J connectivity index is 2.06. The maximum Gasteiger partial charge on any atom is 0.407 e. The molecular formula is C23H35N3O5S. The van der Waals surface area contributed by atoms with Gasteiger partial charge in [-0.05, 0) is 30.6 Å². The van der Waals surface area contributed by atoms with Crippen LogP contribution >= 0.6 is 11.3 Å². The predicted octanol–water partition coefficient (Wildman–Crippen LogP) is 3.08. The molecule has 0 bridgehead atoms. The molecule has 0 radical (unpaired) electrons. The third-order valence-electron chi connectivity index (χ3n) is 5.29. The molecule has 0 fully saturated rings. The van der Waals surface area contributed by atoms with Crippen molar-refractivity contribution in [1.29, 1.82) is 0 Å². The Labute approximate surface area is 193 Å². The van der Waals surface area contributed by atoms with E-state index in [0.29, 0.717) is 32.2 Å². The number of thiazole rings is 1. The number of ketones is 2. The van der Waals surface area contributed by atoms with Crippen molar-refractivity contribution in [3.63, 3.8) is 0 Å². The number of carbonyl (C=O) groups excluding carboxylic acids is 4. The lowest BCUT2D eigenvalue weighted by Gasteiger charge is -2.24. The molecule has 2 unspecified atom stereocenters. The Morgan fingerprint density at radius 2 is 2.00 bits per heavy atom. The number of amides is 2. The van der Waals surface area contributed by atoms with Crippen LogP contribution in [0.2, 0.25) is 0 Å². The average molecular weight is 466 g/mol. The van der Waals surface area contributed by atoms with Gasteiger partial charge in [-0.2, -0.15) is 0 Å². The second-order valence-corrected chi connectivity index (χ2v) is 10.8. The molecule has 2 amide bonds. The van der Waals surface area contributed by atoms with E-state index in [1.165, 1.54) is 0 Å². The summed E-state index contributed by atoms with van der Waals surface area (Å²) in [5, 5.41) is 5.31. The van der Waals surface area contributed by atoms with Crippen LogP contribution in [0.4, 0.5) is 4.79 Å². The Morgan fingerprint density at radius 3 is 2.66 bits per heavy atom. The van der Waals surface area contributed by atoms with Crippen LogP contribution in [0.1, 0.15) is 64.5 Å². The molecule has 0 saturated carbocycles. The molecule has 2 atom stereocenters. The van der Waals surface area contributed by atoms with E-state index >= 15 is 0 Å². The fraction of sp³-hybridized carbons (Fsp3) is 0.696. The Bertz CT molecular complexity index is 828. The van der Waals surface area contributed by atoms with E-state index in [4.69, 9.17) is 4.74 Å². The summed E-state index contributed by atoms with van der Waals surface area (Å²) >= 11 is 1.55. The van der Waals surface area contributed by atoms with Gasteiger partial charge < -0.3 is 15.4 Å². The van der Waals surface area contributed by atoms with Gasteiger partial charge in [-0.3, -0.25) is 14.4 Å². The summed E-state index contributed by atoms with van der Waals surface area (Å²) in [4.78, 5) is 55.9. The molecule has 8 nitrogen and oxygen atoms in total. The molecule has 2 rings (SSSR count). The molecule has 1 aliphatic heterocycles. The first-order chi connectivity index (χ1) is 15.0. The van der Waals surface area contributed by atoms with Crippen LogP contribution in [0.25, 0.3) is 0 Å². The summed E-state index contributed by atoms with van der Waals surface area (Å²) in [5.41, 5.74) is 2.59. The third kappa shape index (κ3) is 8.00. The molecule has 0 spiro atoms. The highest BCUT2D eigenvalue weighted by Crippen LogP contribution is 2.22. The van der Waals surface area contributed by atoms with Crippen molar-refractivity contribution >= 4 is 34.9 Å². The summed E-state index contributed by atoms with van der Waals surface area (Å²) in [7, 11) is 0. The number of hydrogen-bond donors (Lipinski definition) is 2. The fourth-order valence-electron chi connectivity index (χ4n) is 3.54. The lowest BCUT2D eigenvalue weighted by molar-refractivity contribution is -0.141. The van der Waals surface area contributed by atoms with Crippen LogP contribution in [0.15, 0.2) is 5.51 Å². The van der Waals surface area contributed by atoms with Crippen LogP contribution in [-0.4, -0.2) is 47.7 Å². The monoisotopic (exact) mass is 465 g/mol. The van der Waals surface area contributed by atoms with Gasteiger partial charge in [0.25, 0.3) is 5.91 Å². The van der Waals surface area contributed by atoms with E-state index in [0.717, 1.165) is 10.6 Å². The second-order valence-electron chi connectivity index (χ2n) is 9.85.